The number of amides is 1. The van der Waals surface area contributed by atoms with E-state index < -0.39 is 0 Å². The van der Waals surface area contributed by atoms with Crippen molar-refractivity contribution in [2.45, 2.75) is 59.3 Å². The van der Waals surface area contributed by atoms with Crippen LogP contribution in [0.5, 0.6) is 0 Å². The molecule has 2 aromatic rings. The number of aromatic nitrogens is 3. The molecule has 0 bridgehead atoms. The average Bonchev–Trinajstić information content (AvgIpc) is 3.07. The molecule has 0 saturated carbocycles. The fourth-order valence-corrected chi connectivity index (χ4v) is 3.33. The van der Waals surface area contributed by atoms with Crippen LogP contribution in [-0.2, 0) is 0 Å². The zero-order chi connectivity index (χ0) is 16.1. The van der Waals surface area contributed by atoms with Crippen molar-refractivity contribution in [3.05, 3.63) is 22.0 Å². The molecule has 0 unspecified atom stereocenters. The molecule has 0 aliphatic rings. The Kier molecular flexibility index (Phi) is 5.65. The van der Waals surface area contributed by atoms with Crippen LogP contribution < -0.4 is 5.32 Å². The highest BCUT2D eigenvalue weighted by molar-refractivity contribution is 7.15. The molecule has 22 heavy (non-hydrogen) atoms. The highest BCUT2D eigenvalue weighted by atomic mass is 32.1. The van der Waals surface area contributed by atoms with E-state index in [1.54, 1.807) is 13.8 Å². The molecule has 1 amide bonds. The number of carbonyl (C=O) groups is 1. The first-order chi connectivity index (χ1) is 10.6. The van der Waals surface area contributed by atoms with Crippen LogP contribution in [0, 0.1) is 13.8 Å². The summed E-state index contributed by atoms with van der Waals surface area (Å²) in [7, 11) is 0. The first kappa shape index (κ1) is 16.6. The van der Waals surface area contributed by atoms with Gasteiger partial charge in [0.2, 0.25) is 5.13 Å². The lowest BCUT2D eigenvalue weighted by Gasteiger charge is -2.09. The minimum atomic E-state index is -0.249. The maximum absolute atomic E-state index is 12.3. The molecule has 1 atom stereocenters. The van der Waals surface area contributed by atoms with Crippen molar-refractivity contribution in [2.75, 3.05) is 5.32 Å². The topological polar surface area (TPSA) is 80.9 Å². The normalized spacial score (nSPS) is 12.4. The van der Waals surface area contributed by atoms with Gasteiger partial charge in [-0.3, -0.25) is 10.1 Å². The van der Waals surface area contributed by atoms with Gasteiger partial charge in [0, 0.05) is 5.92 Å². The number of carbonyl (C=O) groups excluding carboxylic acids is 1. The highest BCUT2D eigenvalue weighted by Crippen LogP contribution is 2.30. The molecular weight excluding hydrogens is 300 g/mol. The summed E-state index contributed by atoms with van der Waals surface area (Å²) < 4.78 is 5.02. The standard InChI is InChI=1S/C15H22N4O2S/c1-5-7-8-11(6-2)14-17-18-15(22-14)16-13(20)12-9(3)19-21-10(12)4/h11H,5-8H2,1-4H3,(H,16,18,20)/t11-/m1/s1. The van der Waals surface area contributed by atoms with Gasteiger partial charge in [-0.25, -0.2) is 0 Å². The van der Waals surface area contributed by atoms with Crippen molar-refractivity contribution in [2.24, 2.45) is 0 Å². The van der Waals surface area contributed by atoms with E-state index in [1.807, 2.05) is 0 Å². The van der Waals surface area contributed by atoms with Crippen molar-refractivity contribution in [1.82, 2.24) is 15.4 Å². The molecule has 0 fully saturated rings. The van der Waals surface area contributed by atoms with E-state index in [4.69, 9.17) is 4.52 Å². The quantitative estimate of drug-likeness (QED) is 0.830. The van der Waals surface area contributed by atoms with Crippen molar-refractivity contribution in [3.63, 3.8) is 0 Å². The fourth-order valence-electron chi connectivity index (χ4n) is 2.37. The number of hydrogen-bond donors (Lipinski definition) is 1. The Morgan fingerprint density at radius 3 is 2.68 bits per heavy atom. The van der Waals surface area contributed by atoms with Crippen molar-refractivity contribution < 1.29 is 9.32 Å². The summed E-state index contributed by atoms with van der Waals surface area (Å²) in [5.74, 6) is 0.678. The minimum absolute atomic E-state index is 0.249. The van der Waals surface area contributed by atoms with Gasteiger partial charge < -0.3 is 4.52 Å². The lowest BCUT2D eigenvalue weighted by Crippen LogP contribution is -2.13. The number of hydrogen-bond acceptors (Lipinski definition) is 6. The van der Waals surface area contributed by atoms with Crippen LogP contribution in [0.15, 0.2) is 4.52 Å². The lowest BCUT2D eigenvalue weighted by atomic mass is 10.0. The third-order valence-corrected chi connectivity index (χ3v) is 4.67. The summed E-state index contributed by atoms with van der Waals surface area (Å²) in [4.78, 5) is 12.3. The van der Waals surface area contributed by atoms with Gasteiger partial charge in [0.25, 0.3) is 5.91 Å². The zero-order valence-corrected chi connectivity index (χ0v) is 14.3. The number of aryl methyl sites for hydroxylation is 2. The Morgan fingerprint density at radius 2 is 2.09 bits per heavy atom. The summed E-state index contributed by atoms with van der Waals surface area (Å²) in [5.41, 5.74) is 1.05. The number of anilines is 1. The minimum Gasteiger partial charge on any atom is -0.361 e. The molecule has 120 valence electrons. The maximum Gasteiger partial charge on any atom is 0.263 e. The summed E-state index contributed by atoms with van der Waals surface area (Å²) >= 11 is 1.45. The second-order valence-corrected chi connectivity index (χ2v) is 6.36. The monoisotopic (exact) mass is 322 g/mol. The van der Waals surface area contributed by atoms with E-state index in [0.29, 0.717) is 28.1 Å². The van der Waals surface area contributed by atoms with Gasteiger partial charge in [0.1, 0.15) is 16.3 Å². The van der Waals surface area contributed by atoms with E-state index >= 15 is 0 Å². The molecule has 2 rings (SSSR count). The van der Waals surface area contributed by atoms with E-state index in [-0.39, 0.29) is 5.91 Å². The molecule has 7 heteroatoms. The predicted molar refractivity (Wildman–Crippen MR) is 86.4 cm³/mol. The van der Waals surface area contributed by atoms with Crippen molar-refractivity contribution >= 4 is 22.4 Å². The summed E-state index contributed by atoms with van der Waals surface area (Å²) in [6.45, 7) is 7.80. The molecular formula is C15H22N4O2S. The smallest absolute Gasteiger partial charge is 0.263 e. The van der Waals surface area contributed by atoms with Gasteiger partial charge in [-0.05, 0) is 26.7 Å². The van der Waals surface area contributed by atoms with Gasteiger partial charge >= 0.3 is 0 Å². The summed E-state index contributed by atoms with van der Waals surface area (Å²) in [6, 6.07) is 0. The summed E-state index contributed by atoms with van der Waals surface area (Å²) in [6.07, 6.45) is 4.50. The number of nitrogens with one attached hydrogen (secondary N) is 1. The van der Waals surface area contributed by atoms with Gasteiger partial charge in [-0.2, -0.15) is 0 Å². The van der Waals surface area contributed by atoms with Crippen LogP contribution in [0.25, 0.3) is 0 Å². The van der Waals surface area contributed by atoms with Gasteiger partial charge in [0.15, 0.2) is 0 Å². The van der Waals surface area contributed by atoms with Crippen LogP contribution in [0.3, 0.4) is 0 Å². The predicted octanol–water partition coefficient (Wildman–Crippen LogP) is 4.08. The third kappa shape index (κ3) is 3.71. The first-order valence-electron chi connectivity index (χ1n) is 7.64. The van der Waals surface area contributed by atoms with Crippen LogP contribution in [0.1, 0.15) is 72.3 Å². The van der Waals surface area contributed by atoms with Crippen LogP contribution in [0.2, 0.25) is 0 Å². The maximum atomic E-state index is 12.3. The second-order valence-electron chi connectivity index (χ2n) is 5.35. The van der Waals surface area contributed by atoms with E-state index in [0.717, 1.165) is 17.8 Å². The highest BCUT2D eigenvalue weighted by Gasteiger charge is 2.20. The molecule has 0 aliphatic carbocycles. The average molecular weight is 322 g/mol. The number of unbranched alkanes of at least 4 members (excludes halogenated alkanes) is 1. The largest absolute Gasteiger partial charge is 0.361 e. The third-order valence-electron chi connectivity index (χ3n) is 3.67. The molecule has 2 aromatic heterocycles. The van der Waals surface area contributed by atoms with E-state index in [9.17, 15) is 4.79 Å². The summed E-state index contributed by atoms with van der Waals surface area (Å²) in [5, 5.41) is 16.4. The van der Waals surface area contributed by atoms with Gasteiger partial charge in [-0.1, -0.05) is 43.2 Å². The van der Waals surface area contributed by atoms with E-state index in [2.05, 4.69) is 34.5 Å². The second kappa shape index (κ2) is 7.49. The molecule has 0 aromatic carbocycles. The zero-order valence-electron chi connectivity index (χ0n) is 13.5. The van der Waals surface area contributed by atoms with Crippen LogP contribution in [0.4, 0.5) is 5.13 Å². The Balaban J connectivity index is 2.07. The molecule has 6 nitrogen and oxygen atoms in total. The Labute approximate surface area is 134 Å². The fraction of sp³-hybridized carbons (Fsp3) is 0.600. The molecule has 0 radical (unpaired) electrons. The van der Waals surface area contributed by atoms with Gasteiger partial charge in [-0.15, -0.1) is 10.2 Å². The van der Waals surface area contributed by atoms with Crippen molar-refractivity contribution in [1.29, 1.82) is 0 Å². The van der Waals surface area contributed by atoms with Crippen molar-refractivity contribution in [3.8, 4) is 0 Å². The van der Waals surface area contributed by atoms with E-state index in [1.165, 1.54) is 24.2 Å². The number of nitrogens with zero attached hydrogens (tertiary/aromatic N) is 3. The van der Waals surface area contributed by atoms with Crippen LogP contribution >= 0.6 is 11.3 Å². The molecule has 0 spiro atoms. The molecule has 0 saturated heterocycles. The molecule has 1 N–H and O–H groups in total. The Hall–Kier alpha value is -1.76. The SMILES string of the molecule is CCCC[C@@H](CC)c1nnc(NC(=O)c2c(C)noc2C)s1. The Bertz CT molecular complexity index is 616. The van der Waals surface area contributed by atoms with Crippen LogP contribution in [-0.4, -0.2) is 21.3 Å². The molecule has 2 heterocycles. The lowest BCUT2D eigenvalue weighted by molar-refractivity contribution is 0.102. The first-order valence-corrected chi connectivity index (χ1v) is 8.46. The molecule has 0 aliphatic heterocycles. The Morgan fingerprint density at radius 1 is 1.32 bits per heavy atom. The van der Waals surface area contributed by atoms with Gasteiger partial charge in [0.05, 0.1) is 5.69 Å². The number of rotatable bonds is 7.